The van der Waals surface area contributed by atoms with Crippen molar-refractivity contribution in [2.24, 2.45) is 0 Å². The minimum Gasteiger partial charge on any atom is -0.390 e. The van der Waals surface area contributed by atoms with Gasteiger partial charge in [0.1, 0.15) is 5.82 Å². The molecular formula is C11H17N3O2. The van der Waals surface area contributed by atoms with Gasteiger partial charge in [-0.3, -0.25) is 4.79 Å². The summed E-state index contributed by atoms with van der Waals surface area (Å²) in [7, 11) is 0. The number of H-pyrrole nitrogens is 1. The van der Waals surface area contributed by atoms with Gasteiger partial charge in [0, 0.05) is 19.2 Å². The number of nitrogens with zero attached hydrogens (tertiary/aromatic N) is 2. The second kappa shape index (κ2) is 4.25. The van der Waals surface area contributed by atoms with Crippen LogP contribution in [0.25, 0.3) is 0 Å². The molecule has 2 rings (SSSR count). The highest BCUT2D eigenvalue weighted by atomic mass is 16.3. The maximum Gasteiger partial charge on any atom is 0.252 e. The third-order valence-electron chi connectivity index (χ3n) is 3.05. The summed E-state index contributed by atoms with van der Waals surface area (Å²) < 4.78 is 0. The summed E-state index contributed by atoms with van der Waals surface area (Å²) >= 11 is 0. The third-order valence-corrected chi connectivity index (χ3v) is 3.05. The molecule has 1 aliphatic heterocycles. The Morgan fingerprint density at radius 3 is 3.06 bits per heavy atom. The zero-order valence-corrected chi connectivity index (χ0v) is 9.44. The van der Waals surface area contributed by atoms with E-state index in [-0.39, 0.29) is 5.56 Å². The summed E-state index contributed by atoms with van der Waals surface area (Å²) in [5.74, 6) is 0.696. The van der Waals surface area contributed by atoms with E-state index in [0.29, 0.717) is 12.2 Å². The first-order valence-electron chi connectivity index (χ1n) is 5.59. The fourth-order valence-corrected chi connectivity index (χ4v) is 2.02. The average molecular weight is 223 g/mol. The van der Waals surface area contributed by atoms with Gasteiger partial charge in [-0.15, -0.1) is 0 Å². The zero-order chi connectivity index (χ0) is 11.6. The number of hydrogen-bond acceptors (Lipinski definition) is 4. The van der Waals surface area contributed by atoms with Crippen LogP contribution in [0.4, 0.5) is 5.82 Å². The van der Waals surface area contributed by atoms with Crippen LogP contribution in [0, 0.1) is 0 Å². The molecule has 5 nitrogen and oxygen atoms in total. The van der Waals surface area contributed by atoms with Crippen molar-refractivity contribution in [2.45, 2.75) is 31.8 Å². The molecule has 2 N–H and O–H groups in total. The van der Waals surface area contributed by atoms with Gasteiger partial charge in [-0.2, -0.15) is 0 Å². The van der Waals surface area contributed by atoms with Gasteiger partial charge in [0.05, 0.1) is 11.9 Å². The van der Waals surface area contributed by atoms with Crippen LogP contribution >= 0.6 is 0 Å². The number of anilines is 1. The molecule has 0 bridgehead atoms. The molecule has 0 saturated carbocycles. The van der Waals surface area contributed by atoms with E-state index in [1.807, 2.05) is 6.92 Å². The Kier molecular flexibility index (Phi) is 2.96. The predicted molar refractivity (Wildman–Crippen MR) is 61.5 cm³/mol. The predicted octanol–water partition coefficient (Wildman–Crippen LogP) is 0.511. The molecule has 0 amide bonds. The smallest absolute Gasteiger partial charge is 0.252 e. The molecule has 1 aliphatic rings. The van der Waals surface area contributed by atoms with E-state index in [0.717, 1.165) is 25.9 Å². The number of nitrogens with one attached hydrogen (secondary N) is 1. The van der Waals surface area contributed by atoms with Gasteiger partial charge < -0.3 is 15.0 Å². The maximum atomic E-state index is 11.2. The lowest BCUT2D eigenvalue weighted by molar-refractivity contribution is 0.0481. The minimum absolute atomic E-state index is 0.138. The van der Waals surface area contributed by atoms with E-state index in [4.69, 9.17) is 0 Å². The second-order valence-corrected chi connectivity index (χ2v) is 4.61. The molecular weight excluding hydrogens is 206 g/mol. The van der Waals surface area contributed by atoms with E-state index >= 15 is 0 Å². The van der Waals surface area contributed by atoms with E-state index in [1.165, 1.54) is 12.4 Å². The van der Waals surface area contributed by atoms with Crippen molar-refractivity contribution in [2.75, 3.05) is 18.0 Å². The first kappa shape index (κ1) is 11.1. The fourth-order valence-electron chi connectivity index (χ4n) is 2.02. The topological polar surface area (TPSA) is 69.2 Å². The van der Waals surface area contributed by atoms with E-state index < -0.39 is 5.60 Å². The Balaban J connectivity index is 2.14. The highest BCUT2D eigenvalue weighted by molar-refractivity contribution is 5.36. The molecule has 0 spiro atoms. The zero-order valence-electron chi connectivity index (χ0n) is 9.44. The van der Waals surface area contributed by atoms with Crippen molar-refractivity contribution in [3.8, 4) is 0 Å². The van der Waals surface area contributed by atoms with Crippen LogP contribution in [0.1, 0.15) is 26.2 Å². The second-order valence-electron chi connectivity index (χ2n) is 4.61. The van der Waals surface area contributed by atoms with Crippen molar-refractivity contribution in [3.05, 3.63) is 22.7 Å². The molecule has 2 heterocycles. The summed E-state index contributed by atoms with van der Waals surface area (Å²) in [5.41, 5.74) is -0.725. The van der Waals surface area contributed by atoms with Crippen molar-refractivity contribution >= 4 is 5.82 Å². The molecule has 0 radical (unpaired) electrons. The van der Waals surface area contributed by atoms with Gasteiger partial charge in [0.15, 0.2) is 0 Å². The largest absolute Gasteiger partial charge is 0.390 e. The van der Waals surface area contributed by atoms with Crippen LogP contribution in [0.5, 0.6) is 0 Å². The minimum atomic E-state index is -0.587. The molecule has 1 saturated heterocycles. The van der Waals surface area contributed by atoms with Crippen LogP contribution in [-0.4, -0.2) is 33.8 Å². The standard InChI is InChI=1S/C11H17N3O2/c1-11(16)3-2-5-14(6-4-11)9-7-10(15)13-8-12-9/h7-8,16H,2-6H2,1H3,(H,12,13,15). The van der Waals surface area contributed by atoms with Crippen molar-refractivity contribution in [1.29, 1.82) is 0 Å². The highest BCUT2D eigenvalue weighted by Crippen LogP contribution is 2.23. The molecule has 1 fully saturated rings. The highest BCUT2D eigenvalue weighted by Gasteiger charge is 2.25. The first-order chi connectivity index (χ1) is 7.57. The van der Waals surface area contributed by atoms with Gasteiger partial charge in [-0.1, -0.05) is 0 Å². The van der Waals surface area contributed by atoms with Crippen LogP contribution < -0.4 is 10.5 Å². The van der Waals surface area contributed by atoms with Crippen molar-refractivity contribution < 1.29 is 5.11 Å². The molecule has 1 aromatic rings. The Morgan fingerprint density at radius 1 is 1.50 bits per heavy atom. The van der Waals surface area contributed by atoms with E-state index in [1.54, 1.807) is 0 Å². The molecule has 1 aromatic heterocycles. The number of aromatic amines is 1. The third kappa shape index (κ3) is 2.61. The van der Waals surface area contributed by atoms with Gasteiger partial charge in [0.2, 0.25) is 0 Å². The number of hydrogen-bond donors (Lipinski definition) is 2. The Labute approximate surface area is 94.1 Å². The van der Waals surface area contributed by atoms with Crippen LogP contribution in [0.15, 0.2) is 17.2 Å². The van der Waals surface area contributed by atoms with E-state index in [2.05, 4.69) is 14.9 Å². The SMILES string of the molecule is CC1(O)CCCN(c2cc(=O)[nH]cn2)CC1. The molecule has 1 atom stereocenters. The maximum absolute atomic E-state index is 11.2. The molecule has 1 unspecified atom stereocenters. The van der Waals surface area contributed by atoms with E-state index in [9.17, 15) is 9.90 Å². The molecule has 16 heavy (non-hydrogen) atoms. The molecule has 5 heteroatoms. The lowest BCUT2D eigenvalue weighted by Gasteiger charge is -2.22. The normalized spacial score (nSPS) is 26.5. The Morgan fingerprint density at radius 2 is 2.31 bits per heavy atom. The summed E-state index contributed by atoms with van der Waals surface area (Å²) in [6, 6.07) is 1.50. The van der Waals surface area contributed by atoms with Gasteiger partial charge in [-0.25, -0.2) is 4.98 Å². The van der Waals surface area contributed by atoms with Crippen LogP contribution in [0.2, 0.25) is 0 Å². The quantitative estimate of drug-likeness (QED) is 0.728. The summed E-state index contributed by atoms with van der Waals surface area (Å²) in [6.45, 7) is 3.44. The van der Waals surface area contributed by atoms with Crippen molar-refractivity contribution in [1.82, 2.24) is 9.97 Å². The Bertz CT molecular complexity index is 414. The summed E-state index contributed by atoms with van der Waals surface area (Å²) in [5, 5.41) is 9.96. The molecule has 0 aromatic carbocycles. The van der Waals surface area contributed by atoms with Gasteiger partial charge >= 0.3 is 0 Å². The number of aromatic nitrogens is 2. The molecule has 88 valence electrons. The first-order valence-corrected chi connectivity index (χ1v) is 5.59. The summed E-state index contributed by atoms with van der Waals surface area (Å²) in [6.07, 6.45) is 3.84. The van der Waals surface area contributed by atoms with Crippen molar-refractivity contribution in [3.63, 3.8) is 0 Å². The summed E-state index contributed by atoms with van der Waals surface area (Å²) in [4.78, 5) is 19.9. The molecule has 0 aliphatic carbocycles. The fraction of sp³-hybridized carbons (Fsp3) is 0.636. The lowest BCUT2D eigenvalue weighted by Crippen LogP contribution is -2.29. The average Bonchev–Trinajstić information content (AvgIpc) is 2.39. The number of rotatable bonds is 1. The van der Waals surface area contributed by atoms with Crippen LogP contribution in [-0.2, 0) is 0 Å². The monoisotopic (exact) mass is 223 g/mol. The van der Waals surface area contributed by atoms with Gasteiger partial charge in [0.25, 0.3) is 5.56 Å². The lowest BCUT2D eigenvalue weighted by atomic mass is 9.98. The van der Waals surface area contributed by atoms with Gasteiger partial charge in [-0.05, 0) is 26.2 Å². The number of aliphatic hydroxyl groups is 1. The van der Waals surface area contributed by atoms with Crippen LogP contribution in [0.3, 0.4) is 0 Å². The Hall–Kier alpha value is -1.36.